The molecule has 10 aromatic rings. The molecule has 0 fully saturated rings. The number of anilines is 3. The van der Waals surface area contributed by atoms with Crippen molar-refractivity contribution in [1.82, 2.24) is 0 Å². The van der Waals surface area contributed by atoms with E-state index in [4.69, 9.17) is 0 Å². The van der Waals surface area contributed by atoms with Crippen LogP contribution < -0.4 is 9.30 Å². The van der Waals surface area contributed by atoms with Gasteiger partial charge in [-0.05, 0) is 80.9 Å². The number of benzene rings is 8. The summed E-state index contributed by atoms with van der Waals surface area (Å²) < 4.78 is 2.24. The van der Waals surface area contributed by atoms with Gasteiger partial charge in [-0.3, -0.25) is 0 Å². The van der Waals surface area contributed by atoms with Gasteiger partial charge < -0.3 is 4.90 Å². The average molecular weight is 766 g/mol. The van der Waals surface area contributed by atoms with E-state index in [2.05, 4.69) is 258 Å². The molecule has 0 unspecified atom stereocenters. The molecule has 282 valence electrons. The Kier molecular flexibility index (Phi) is 8.75. The van der Waals surface area contributed by atoms with Crippen LogP contribution >= 0.6 is 0 Å². The highest BCUT2D eigenvalue weighted by molar-refractivity contribution is 5.98. The fraction of sp³-hybridized carbons (Fsp3) is 0.0172. The third-order valence-electron chi connectivity index (χ3n) is 12.2. The smallest absolute Gasteiger partial charge is 0.211 e. The van der Waals surface area contributed by atoms with Crippen molar-refractivity contribution < 1.29 is 4.40 Å². The maximum Gasteiger partial charge on any atom is 0.211 e. The lowest BCUT2D eigenvalue weighted by Gasteiger charge is -2.38. The standard InChI is InChI=1S/C58H41N2/c1-6-21-42(22-7-1)49-32-16-17-34-55(49)60(47-29-14-5-15-30-47)56-35-20-33-51-50-37-36-44(53-41-59-38-19-18-31-48(59)40-52(53)43-23-8-2-9-24-43)39-54(50)58(57(51)56,45-25-10-3-11-26-45)46-27-12-4-13-28-46/h1-41H/q+1. The van der Waals surface area contributed by atoms with E-state index < -0.39 is 5.41 Å². The molecule has 0 saturated heterocycles. The van der Waals surface area contributed by atoms with Crippen molar-refractivity contribution in [3.63, 3.8) is 0 Å². The second-order valence-electron chi connectivity index (χ2n) is 15.5. The molecule has 2 aromatic heterocycles. The zero-order chi connectivity index (χ0) is 39.9. The number of pyridine rings is 2. The number of hydrogen-bond acceptors (Lipinski definition) is 1. The van der Waals surface area contributed by atoms with Crippen molar-refractivity contribution in [1.29, 1.82) is 0 Å². The van der Waals surface area contributed by atoms with Crippen molar-refractivity contribution in [3.8, 4) is 44.5 Å². The summed E-state index contributed by atoms with van der Waals surface area (Å²) in [6.45, 7) is 0. The van der Waals surface area contributed by atoms with Gasteiger partial charge in [0.15, 0.2) is 12.4 Å². The Morgan fingerprint density at radius 3 is 1.58 bits per heavy atom. The molecule has 0 spiro atoms. The monoisotopic (exact) mass is 765 g/mol. The molecule has 11 rings (SSSR count). The minimum atomic E-state index is -0.675. The zero-order valence-electron chi connectivity index (χ0n) is 33.1. The molecular formula is C58H41N2+. The maximum atomic E-state index is 2.49. The van der Waals surface area contributed by atoms with Crippen LogP contribution in [0.5, 0.6) is 0 Å². The van der Waals surface area contributed by atoms with Gasteiger partial charge >= 0.3 is 0 Å². The Morgan fingerprint density at radius 1 is 0.350 bits per heavy atom. The summed E-state index contributed by atoms with van der Waals surface area (Å²) in [4.78, 5) is 2.49. The average Bonchev–Trinajstić information content (AvgIpc) is 3.64. The zero-order valence-corrected chi connectivity index (χ0v) is 33.1. The Labute approximate surface area is 351 Å². The van der Waals surface area contributed by atoms with Crippen LogP contribution in [0.1, 0.15) is 22.3 Å². The third kappa shape index (κ3) is 5.76. The number of hydrogen-bond donors (Lipinski definition) is 0. The van der Waals surface area contributed by atoms with Crippen LogP contribution in [0.2, 0.25) is 0 Å². The molecule has 0 N–H and O–H groups in total. The minimum Gasteiger partial charge on any atom is -0.310 e. The van der Waals surface area contributed by atoms with Crippen LogP contribution in [-0.2, 0) is 5.41 Å². The van der Waals surface area contributed by atoms with E-state index in [1.807, 2.05) is 0 Å². The summed E-state index contributed by atoms with van der Waals surface area (Å²) >= 11 is 0. The lowest BCUT2D eigenvalue weighted by atomic mass is 9.66. The van der Waals surface area contributed by atoms with E-state index in [1.165, 1.54) is 66.8 Å². The number of aromatic nitrogens is 1. The lowest BCUT2D eigenvalue weighted by Crippen LogP contribution is -2.30. The van der Waals surface area contributed by atoms with Gasteiger partial charge in [0.1, 0.15) is 0 Å². The molecule has 0 radical (unpaired) electrons. The summed E-state index contributed by atoms with van der Waals surface area (Å²) in [5, 5.41) is 0. The fourth-order valence-electron chi connectivity index (χ4n) is 9.62. The van der Waals surface area contributed by atoms with Gasteiger partial charge in [-0.25, -0.2) is 0 Å². The number of nitrogens with zero attached hydrogens (tertiary/aromatic N) is 2. The largest absolute Gasteiger partial charge is 0.310 e. The van der Waals surface area contributed by atoms with Crippen molar-refractivity contribution in [2.45, 2.75) is 5.41 Å². The van der Waals surface area contributed by atoms with Crippen LogP contribution in [0, 0.1) is 0 Å². The van der Waals surface area contributed by atoms with E-state index in [1.54, 1.807) is 0 Å². The molecule has 2 heterocycles. The molecule has 0 aliphatic heterocycles. The molecule has 60 heavy (non-hydrogen) atoms. The molecule has 0 bridgehead atoms. The number of para-hydroxylation sites is 2. The van der Waals surface area contributed by atoms with Crippen molar-refractivity contribution in [2.75, 3.05) is 4.90 Å². The number of rotatable bonds is 8. The minimum absolute atomic E-state index is 0.675. The van der Waals surface area contributed by atoms with Gasteiger partial charge in [-0.2, -0.15) is 4.40 Å². The first-order valence-electron chi connectivity index (χ1n) is 20.7. The van der Waals surface area contributed by atoms with Gasteiger partial charge in [0, 0.05) is 40.6 Å². The molecule has 0 saturated carbocycles. The predicted octanol–water partition coefficient (Wildman–Crippen LogP) is 14.3. The second kappa shape index (κ2) is 14.8. The summed E-state index contributed by atoms with van der Waals surface area (Å²) in [5.41, 5.74) is 18.4. The first kappa shape index (κ1) is 35.4. The third-order valence-corrected chi connectivity index (χ3v) is 12.2. The molecular weight excluding hydrogens is 725 g/mol. The molecule has 2 heteroatoms. The van der Waals surface area contributed by atoms with E-state index in [0.717, 1.165) is 22.6 Å². The molecule has 1 aliphatic carbocycles. The van der Waals surface area contributed by atoms with E-state index in [0.29, 0.717) is 0 Å². The van der Waals surface area contributed by atoms with Crippen LogP contribution in [0.25, 0.3) is 50.0 Å². The summed E-state index contributed by atoms with van der Waals surface area (Å²) in [6.07, 6.45) is 4.45. The van der Waals surface area contributed by atoms with Crippen LogP contribution in [0.4, 0.5) is 17.1 Å². The quantitative estimate of drug-likeness (QED) is 0.140. The summed E-state index contributed by atoms with van der Waals surface area (Å²) in [6, 6.07) is 86.4. The second-order valence-corrected chi connectivity index (χ2v) is 15.5. The lowest BCUT2D eigenvalue weighted by molar-refractivity contribution is -0.511. The van der Waals surface area contributed by atoms with Crippen molar-refractivity contribution in [2.24, 2.45) is 0 Å². The van der Waals surface area contributed by atoms with E-state index in [-0.39, 0.29) is 0 Å². The highest BCUT2D eigenvalue weighted by Gasteiger charge is 2.49. The van der Waals surface area contributed by atoms with Crippen molar-refractivity contribution >= 4 is 22.6 Å². The predicted molar refractivity (Wildman–Crippen MR) is 248 cm³/mol. The number of fused-ring (bicyclic) bond motifs is 4. The topological polar surface area (TPSA) is 7.34 Å². The first-order chi connectivity index (χ1) is 29.8. The molecule has 0 atom stereocenters. The Morgan fingerprint density at radius 2 is 0.900 bits per heavy atom. The van der Waals surface area contributed by atoms with E-state index in [9.17, 15) is 0 Å². The summed E-state index contributed by atoms with van der Waals surface area (Å²) in [7, 11) is 0. The Balaban J connectivity index is 1.24. The molecule has 1 aliphatic rings. The molecule has 0 amide bonds. The van der Waals surface area contributed by atoms with Gasteiger partial charge in [-0.15, -0.1) is 0 Å². The van der Waals surface area contributed by atoms with Crippen molar-refractivity contribution in [3.05, 3.63) is 271 Å². The Bertz CT molecular complexity index is 3080. The SMILES string of the molecule is c1ccc(-c2cc3cccc[n+]3cc2-c2ccc3c(c2)C(c2ccccc2)(c2ccccc2)c2c-3cccc2N(c2ccccc2)c2ccccc2-c2ccccc2)cc1. The van der Waals surface area contributed by atoms with E-state index >= 15 is 0 Å². The maximum absolute atomic E-state index is 2.49. The normalized spacial score (nSPS) is 12.5. The summed E-state index contributed by atoms with van der Waals surface area (Å²) in [5.74, 6) is 0. The first-order valence-corrected chi connectivity index (χ1v) is 20.7. The molecule has 8 aromatic carbocycles. The van der Waals surface area contributed by atoms with Gasteiger partial charge in [0.25, 0.3) is 0 Å². The highest BCUT2D eigenvalue weighted by Crippen LogP contribution is 2.61. The van der Waals surface area contributed by atoms with Crippen LogP contribution in [-0.4, -0.2) is 0 Å². The van der Waals surface area contributed by atoms with Gasteiger partial charge in [0.05, 0.1) is 22.4 Å². The van der Waals surface area contributed by atoms with Gasteiger partial charge in [0.2, 0.25) is 5.52 Å². The highest BCUT2D eigenvalue weighted by atomic mass is 15.1. The fourth-order valence-corrected chi connectivity index (χ4v) is 9.62. The Hall–Kier alpha value is -7.81. The van der Waals surface area contributed by atoms with Crippen LogP contribution in [0.15, 0.2) is 249 Å². The molecule has 2 nitrogen and oxygen atoms in total. The van der Waals surface area contributed by atoms with Crippen LogP contribution in [0.3, 0.4) is 0 Å². The van der Waals surface area contributed by atoms with Gasteiger partial charge in [-0.1, -0.05) is 182 Å².